The summed E-state index contributed by atoms with van der Waals surface area (Å²) < 4.78 is 10.7. The Hall–Kier alpha value is -2.28. The summed E-state index contributed by atoms with van der Waals surface area (Å²) in [7, 11) is 3.04. The molecule has 1 fully saturated rings. The van der Waals surface area contributed by atoms with Crippen LogP contribution in [0.5, 0.6) is 11.5 Å². The van der Waals surface area contributed by atoms with Gasteiger partial charge >= 0.3 is 5.97 Å². The van der Waals surface area contributed by atoms with E-state index in [1.807, 2.05) is 6.07 Å². The molecule has 1 aromatic rings. The Morgan fingerprint density at radius 3 is 2.42 bits per heavy atom. The molecular formula is C17H24N2O5. The molecule has 7 heteroatoms. The lowest BCUT2D eigenvalue weighted by Crippen LogP contribution is -2.50. The molecule has 1 heterocycles. The third-order valence-electron chi connectivity index (χ3n) is 4.31. The van der Waals surface area contributed by atoms with Gasteiger partial charge in [-0.05, 0) is 19.9 Å². The Labute approximate surface area is 141 Å². The van der Waals surface area contributed by atoms with Crippen LogP contribution in [0.15, 0.2) is 18.2 Å². The molecule has 0 unspecified atom stereocenters. The molecule has 132 valence electrons. The number of benzene rings is 1. The van der Waals surface area contributed by atoms with Gasteiger partial charge in [-0.2, -0.15) is 0 Å². The molecule has 1 aliphatic rings. The number of hydrogen-bond donors (Lipinski definition) is 2. The van der Waals surface area contributed by atoms with Crippen LogP contribution in [0.2, 0.25) is 0 Å². The average Bonchev–Trinajstić information content (AvgIpc) is 2.97. The molecule has 1 saturated heterocycles. The number of methoxy groups -OCH3 is 2. The fourth-order valence-corrected chi connectivity index (χ4v) is 3.15. The molecule has 0 spiro atoms. The molecule has 0 radical (unpaired) electrons. The molecule has 2 rings (SSSR count). The van der Waals surface area contributed by atoms with Gasteiger partial charge in [-0.15, -0.1) is 0 Å². The summed E-state index contributed by atoms with van der Waals surface area (Å²) in [5.74, 6) is -1.30. The Morgan fingerprint density at radius 1 is 1.25 bits per heavy atom. The van der Waals surface area contributed by atoms with Gasteiger partial charge in [-0.1, -0.05) is 12.1 Å². The van der Waals surface area contributed by atoms with E-state index in [1.165, 1.54) is 19.1 Å². The van der Waals surface area contributed by atoms with Crippen LogP contribution >= 0.6 is 0 Å². The summed E-state index contributed by atoms with van der Waals surface area (Å²) in [5, 5.41) is 9.60. The predicted octanol–water partition coefficient (Wildman–Crippen LogP) is 1.07. The summed E-state index contributed by atoms with van der Waals surface area (Å²) >= 11 is 0. The van der Waals surface area contributed by atoms with Crippen LogP contribution in [-0.2, 0) is 9.59 Å². The Bertz CT molecular complexity index is 638. The zero-order chi connectivity index (χ0) is 18.1. The van der Waals surface area contributed by atoms with Crippen LogP contribution in [0.1, 0.15) is 25.3 Å². The minimum Gasteiger partial charge on any atom is -0.493 e. The van der Waals surface area contributed by atoms with Crippen molar-refractivity contribution in [2.45, 2.75) is 25.3 Å². The van der Waals surface area contributed by atoms with Crippen LogP contribution in [0.3, 0.4) is 0 Å². The van der Waals surface area contributed by atoms with E-state index in [0.29, 0.717) is 11.5 Å². The Morgan fingerprint density at radius 2 is 1.92 bits per heavy atom. The molecule has 24 heavy (non-hydrogen) atoms. The summed E-state index contributed by atoms with van der Waals surface area (Å²) in [6.45, 7) is 3.63. The Balaban J connectivity index is 2.42. The van der Waals surface area contributed by atoms with Gasteiger partial charge in [0.2, 0.25) is 5.91 Å². The lowest BCUT2D eigenvalue weighted by molar-refractivity contribution is -0.142. The van der Waals surface area contributed by atoms with E-state index < -0.39 is 17.4 Å². The van der Waals surface area contributed by atoms with Crippen molar-refractivity contribution in [2.24, 2.45) is 11.7 Å². The first-order valence-corrected chi connectivity index (χ1v) is 7.72. The normalized spacial score (nSPS) is 20.8. The molecular weight excluding hydrogens is 312 g/mol. The van der Waals surface area contributed by atoms with Gasteiger partial charge < -0.3 is 25.2 Å². The SMILES string of the molecule is COc1cccc([C@H]2CN(C(=O)C(C)(C)N)C[C@@H]2C(=O)O)c1OC. The van der Waals surface area contributed by atoms with Crippen LogP contribution in [-0.4, -0.2) is 54.7 Å². The number of carboxylic acids is 1. The highest BCUT2D eigenvalue weighted by Crippen LogP contribution is 2.42. The zero-order valence-corrected chi connectivity index (χ0v) is 14.4. The fourth-order valence-electron chi connectivity index (χ4n) is 3.15. The number of carboxylic acid groups (broad SMARTS) is 1. The van der Waals surface area contributed by atoms with Crippen molar-refractivity contribution in [3.8, 4) is 11.5 Å². The molecule has 3 N–H and O–H groups in total. The topological polar surface area (TPSA) is 102 Å². The first-order chi connectivity index (χ1) is 11.2. The van der Waals surface area contributed by atoms with E-state index >= 15 is 0 Å². The number of carbonyl (C=O) groups excluding carboxylic acids is 1. The lowest BCUT2D eigenvalue weighted by atomic mass is 9.88. The van der Waals surface area contributed by atoms with Gasteiger partial charge in [-0.3, -0.25) is 9.59 Å². The minimum absolute atomic E-state index is 0.125. The number of aliphatic carboxylic acids is 1. The number of likely N-dealkylation sites (tertiary alicyclic amines) is 1. The zero-order valence-electron chi connectivity index (χ0n) is 14.4. The van der Waals surface area contributed by atoms with E-state index in [-0.39, 0.29) is 24.9 Å². The summed E-state index contributed by atoms with van der Waals surface area (Å²) in [4.78, 5) is 25.7. The number of hydrogen-bond acceptors (Lipinski definition) is 5. The number of nitrogens with zero attached hydrogens (tertiary/aromatic N) is 1. The molecule has 1 aromatic carbocycles. The first kappa shape index (κ1) is 18.1. The van der Waals surface area contributed by atoms with Crippen molar-refractivity contribution >= 4 is 11.9 Å². The third kappa shape index (κ3) is 3.31. The quantitative estimate of drug-likeness (QED) is 0.834. The van der Waals surface area contributed by atoms with Gasteiger partial charge in [0.05, 0.1) is 25.7 Å². The molecule has 0 aliphatic carbocycles. The number of nitrogens with two attached hydrogens (primary N) is 1. The van der Waals surface area contributed by atoms with E-state index in [9.17, 15) is 14.7 Å². The van der Waals surface area contributed by atoms with E-state index in [2.05, 4.69) is 0 Å². The van der Waals surface area contributed by atoms with Gasteiger partial charge in [-0.25, -0.2) is 0 Å². The van der Waals surface area contributed by atoms with Crippen molar-refractivity contribution in [3.05, 3.63) is 23.8 Å². The lowest BCUT2D eigenvalue weighted by Gasteiger charge is -2.25. The maximum absolute atomic E-state index is 12.4. The van der Waals surface area contributed by atoms with Crippen molar-refractivity contribution in [3.63, 3.8) is 0 Å². The average molecular weight is 336 g/mol. The highest BCUT2D eigenvalue weighted by atomic mass is 16.5. The molecule has 1 amide bonds. The third-order valence-corrected chi connectivity index (χ3v) is 4.31. The maximum Gasteiger partial charge on any atom is 0.308 e. The van der Waals surface area contributed by atoms with Gasteiger partial charge in [0, 0.05) is 24.6 Å². The van der Waals surface area contributed by atoms with Crippen LogP contribution < -0.4 is 15.2 Å². The van der Waals surface area contributed by atoms with E-state index in [1.54, 1.807) is 26.0 Å². The predicted molar refractivity (Wildman–Crippen MR) is 88.3 cm³/mol. The number of amides is 1. The second-order valence-corrected chi connectivity index (χ2v) is 6.57. The maximum atomic E-state index is 12.4. The van der Waals surface area contributed by atoms with Gasteiger partial charge in [0.15, 0.2) is 11.5 Å². The standard InChI is InChI=1S/C17H24N2O5/c1-17(2,18)16(22)19-8-11(12(9-19)15(20)21)10-6-5-7-13(23-3)14(10)24-4/h5-7,11-12H,8-9,18H2,1-4H3,(H,20,21)/t11-,12+/m1/s1. The second-order valence-electron chi connectivity index (χ2n) is 6.57. The summed E-state index contributed by atoms with van der Waals surface area (Å²) in [5.41, 5.74) is 5.55. The number of ether oxygens (including phenoxy) is 2. The first-order valence-electron chi connectivity index (χ1n) is 7.72. The molecule has 0 saturated carbocycles. The molecule has 7 nitrogen and oxygen atoms in total. The van der Waals surface area contributed by atoms with Crippen molar-refractivity contribution in [1.82, 2.24) is 4.90 Å². The van der Waals surface area contributed by atoms with Crippen LogP contribution in [0, 0.1) is 5.92 Å². The number of rotatable bonds is 5. The number of carbonyl (C=O) groups is 2. The molecule has 1 aliphatic heterocycles. The van der Waals surface area contributed by atoms with E-state index in [0.717, 1.165) is 5.56 Å². The van der Waals surface area contributed by atoms with Crippen LogP contribution in [0.25, 0.3) is 0 Å². The Kier molecular flexibility index (Phi) is 5.03. The van der Waals surface area contributed by atoms with Crippen molar-refractivity contribution in [1.29, 1.82) is 0 Å². The minimum atomic E-state index is -1.05. The van der Waals surface area contributed by atoms with Gasteiger partial charge in [0.25, 0.3) is 0 Å². The molecule has 0 aromatic heterocycles. The fraction of sp³-hybridized carbons (Fsp3) is 0.529. The summed E-state index contributed by atoms with van der Waals surface area (Å²) in [6, 6.07) is 5.34. The smallest absolute Gasteiger partial charge is 0.308 e. The molecule has 0 bridgehead atoms. The van der Waals surface area contributed by atoms with Gasteiger partial charge in [0.1, 0.15) is 0 Å². The highest BCUT2D eigenvalue weighted by Gasteiger charge is 2.44. The monoisotopic (exact) mass is 336 g/mol. The second kappa shape index (κ2) is 6.68. The highest BCUT2D eigenvalue weighted by molar-refractivity contribution is 5.86. The number of para-hydroxylation sites is 1. The van der Waals surface area contributed by atoms with Crippen molar-refractivity contribution < 1.29 is 24.2 Å². The van der Waals surface area contributed by atoms with Crippen LogP contribution in [0.4, 0.5) is 0 Å². The molecule has 2 atom stereocenters. The largest absolute Gasteiger partial charge is 0.493 e. The van der Waals surface area contributed by atoms with Crippen molar-refractivity contribution in [2.75, 3.05) is 27.3 Å². The summed E-state index contributed by atoms with van der Waals surface area (Å²) in [6.07, 6.45) is 0. The van der Waals surface area contributed by atoms with E-state index in [4.69, 9.17) is 15.2 Å².